The van der Waals surface area contributed by atoms with E-state index in [0.29, 0.717) is 31.2 Å². The SMILES string of the molecule is N/C=C\C(NC(=O)C1=NC(c2ccc(F)cc2)=C(N2CCCCC2)NC1)C1CCOCC1. The van der Waals surface area contributed by atoms with Crippen molar-refractivity contribution in [2.75, 3.05) is 32.8 Å². The third-order valence-electron chi connectivity index (χ3n) is 6.34. The highest BCUT2D eigenvalue weighted by atomic mass is 19.1. The predicted molar refractivity (Wildman–Crippen MR) is 123 cm³/mol. The Bertz CT molecular complexity index is 884. The average molecular weight is 442 g/mol. The van der Waals surface area contributed by atoms with Crippen LogP contribution in [0.25, 0.3) is 5.70 Å². The maximum atomic E-state index is 13.5. The van der Waals surface area contributed by atoms with Gasteiger partial charge in [0, 0.05) is 31.9 Å². The number of piperidine rings is 1. The van der Waals surface area contributed by atoms with Crippen LogP contribution in [-0.2, 0) is 9.53 Å². The highest BCUT2D eigenvalue weighted by Gasteiger charge is 2.28. The second-order valence-electron chi connectivity index (χ2n) is 8.50. The van der Waals surface area contributed by atoms with Crippen LogP contribution in [0.4, 0.5) is 4.39 Å². The van der Waals surface area contributed by atoms with Gasteiger partial charge in [-0.3, -0.25) is 4.79 Å². The highest BCUT2D eigenvalue weighted by Crippen LogP contribution is 2.27. The number of ether oxygens (including phenoxy) is 1. The number of carbonyl (C=O) groups excluding carboxylic acids is 1. The molecule has 1 amide bonds. The topological polar surface area (TPSA) is 92.0 Å². The molecule has 3 heterocycles. The van der Waals surface area contributed by atoms with Crippen molar-refractivity contribution < 1.29 is 13.9 Å². The first kappa shape index (κ1) is 22.3. The van der Waals surface area contributed by atoms with E-state index < -0.39 is 0 Å². The zero-order chi connectivity index (χ0) is 22.3. The number of likely N-dealkylation sites (tertiary alicyclic amines) is 1. The lowest BCUT2D eigenvalue weighted by atomic mass is 9.91. The molecular weight excluding hydrogens is 409 g/mol. The van der Waals surface area contributed by atoms with Crippen LogP contribution in [0.1, 0.15) is 37.7 Å². The van der Waals surface area contributed by atoms with Gasteiger partial charge in [0.05, 0.1) is 12.6 Å². The third kappa shape index (κ3) is 5.30. The fourth-order valence-corrected chi connectivity index (χ4v) is 4.55. The standard InChI is InChI=1S/C24H32FN5O2/c25-19-6-4-18(5-7-19)22-23(30-12-2-1-3-13-30)27-16-21(28-22)24(31)29-20(8-11-26)17-9-14-32-15-10-17/h4-8,11,17,20,27H,1-3,9-10,12-16,26H2,(H,29,31)/b11-8-. The number of amides is 1. The van der Waals surface area contributed by atoms with Gasteiger partial charge in [-0.15, -0.1) is 0 Å². The van der Waals surface area contributed by atoms with Gasteiger partial charge in [0.15, 0.2) is 0 Å². The Morgan fingerprint density at radius 3 is 2.62 bits per heavy atom. The molecule has 1 aromatic rings. The first-order valence-electron chi connectivity index (χ1n) is 11.5. The molecule has 3 aliphatic heterocycles. The molecule has 8 heteroatoms. The van der Waals surface area contributed by atoms with Crippen LogP contribution in [0.5, 0.6) is 0 Å². The minimum Gasteiger partial charge on any atom is -0.405 e. The number of nitrogens with two attached hydrogens (primary N) is 1. The number of nitrogens with one attached hydrogen (secondary N) is 2. The summed E-state index contributed by atoms with van der Waals surface area (Å²) in [5.74, 6) is 0.674. The van der Waals surface area contributed by atoms with E-state index in [0.717, 1.165) is 50.2 Å². The number of aliphatic imine (C=N–C) groups is 1. The van der Waals surface area contributed by atoms with E-state index in [4.69, 9.17) is 15.5 Å². The zero-order valence-electron chi connectivity index (χ0n) is 18.4. The van der Waals surface area contributed by atoms with Crippen LogP contribution in [0, 0.1) is 11.7 Å². The van der Waals surface area contributed by atoms with Crippen LogP contribution in [0.15, 0.2) is 47.4 Å². The molecule has 4 N–H and O–H groups in total. The Labute approximate surface area is 188 Å². The molecule has 4 rings (SSSR count). The smallest absolute Gasteiger partial charge is 0.268 e. The van der Waals surface area contributed by atoms with Crippen LogP contribution in [0.2, 0.25) is 0 Å². The van der Waals surface area contributed by atoms with Gasteiger partial charge >= 0.3 is 0 Å². The van der Waals surface area contributed by atoms with Gasteiger partial charge in [0.2, 0.25) is 0 Å². The summed E-state index contributed by atoms with van der Waals surface area (Å²) in [5.41, 5.74) is 7.53. The van der Waals surface area contributed by atoms with Crippen molar-refractivity contribution in [2.45, 2.75) is 38.1 Å². The van der Waals surface area contributed by atoms with Crippen LogP contribution >= 0.6 is 0 Å². The molecule has 2 fully saturated rings. The molecule has 1 aromatic carbocycles. The van der Waals surface area contributed by atoms with Gasteiger partial charge in [-0.05, 0) is 74.6 Å². The predicted octanol–water partition coefficient (Wildman–Crippen LogP) is 2.37. The van der Waals surface area contributed by atoms with Crippen LogP contribution in [-0.4, -0.2) is 55.4 Å². The number of benzene rings is 1. The van der Waals surface area contributed by atoms with E-state index in [-0.39, 0.29) is 23.7 Å². The summed E-state index contributed by atoms with van der Waals surface area (Å²) < 4.78 is 19.0. The molecule has 0 aliphatic carbocycles. The summed E-state index contributed by atoms with van der Waals surface area (Å²) in [5, 5.41) is 6.53. The van der Waals surface area contributed by atoms with Gasteiger partial charge in [0.25, 0.3) is 5.91 Å². The number of carbonyl (C=O) groups is 1. The quantitative estimate of drug-likeness (QED) is 0.630. The largest absolute Gasteiger partial charge is 0.405 e. The van der Waals surface area contributed by atoms with Gasteiger partial charge < -0.3 is 26.0 Å². The van der Waals surface area contributed by atoms with Crippen molar-refractivity contribution in [1.82, 2.24) is 15.5 Å². The normalized spacial score (nSPS) is 21.3. The Morgan fingerprint density at radius 2 is 1.94 bits per heavy atom. The van der Waals surface area contributed by atoms with Gasteiger partial charge in [-0.2, -0.15) is 0 Å². The Balaban J connectivity index is 1.59. The summed E-state index contributed by atoms with van der Waals surface area (Å²) >= 11 is 0. The van der Waals surface area contributed by atoms with Gasteiger partial charge in [0.1, 0.15) is 23.0 Å². The second-order valence-corrected chi connectivity index (χ2v) is 8.50. The number of hydrogen-bond donors (Lipinski definition) is 3. The maximum absolute atomic E-state index is 13.5. The minimum absolute atomic E-state index is 0.166. The highest BCUT2D eigenvalue weighted by molar-refractivity contribution is 6.41. The maximum Gasteiger partial charge on any atom is 0.268 e. The number of halogens is 1. The number of hydrogen-bond acceptors (Lipinski definition) is 6. The summed E-state index contributed by atoms with van der Waals surface area (Å²) in [6, 6.07) is 6.10. The molecule has 32 heavy (non-hydrogen) atoms. The molecule has 0 saturated carbocycles. The summed E-state index contributed by atoms with van der Waals surface area (Å²) in [4.78, 5) is 20.2. The van der Waals surface area contributed by atoms with E-state index in [2.05, 4.69) is 15.5 Å². The van der Waals surface area contributed by atoms with Crippen molar-refractivity contribution in [3.05, 3.63) is 53.7 Å². The lowest BCUT2D eigenvalue weighted by molar-refractivity contribution is -0.115. The monoisotopic (exact) mass is 441 g/mol. The Kier molecular flexibility index (Phi) is 7.42. The average Bonchev–Trinajstić information content (AvgIpc) is 2.85. The molecule has 0 spiro atoms. The Hall–Kier alpha value is -2.87. The van der Waals surface area contributed by atoms with Crippen molar-refractivity contribution in [3.8, 4) is 0 Å². The fourth-order valence-electron chi connectivity index (χ4n) is 4.55. The molecule has 0 aromatic heterocycles. The van der Waals surface area contributed by atoms with E-state index in [9.17, 15) is 9.18 Å². The fraction of sp³-hybridized carbons (Fsp3) is 0.500. The number of nitrogens with zero attached hydrogens (tertiary/aromatic N) is 2. The molecule has 0 radical (unpaired) electrons. The van der Waals surface area contributed by atoms with E-state index in [1.165, 1.54) is 24.8 Å². The van der Waals surface area contributed by atoms with Crippen molar-refractivity contribution in [3.63, 3.8) is 0 Å². The molecule has 3 aliphatic rings. The van der Waals surface area contributed by atoms with Crippen molar-refractivity contribution >= 4 is 17.3 Å². The molecular formula is C24H32FN5O2. The van der Waals surface area contributed by atoms with E-state index in [1.54, 1.807) is 12.1 Å². The zero-order valence-corrected chi connectivity index (χ0v) is 18.4. The molecule has 172 valence electrons. The minimum atomic E-state index is -0.299. The second kappa shape index (κ2) is 10.6. The first-order valence-corrected chi connectivity index (χ1v) is 11.5. The van der Waals surface area contributed by atoms with E-state index >= 15 is 0 Å². The van der Waals surface area contributed by atoms with E-state index in [1.807, 2.05) is 6.08 Å². The lowest BCUT2D eigenvalue weighted by Crippen LogP contribution is -2.48. The third-order valence-corrected chi connectivity index (χ3v) is 6.34. The first-order chi connectivity index (χ1) is 15.7. The van der Waals surface area contributed by atoms with Gasteiger partial charge in [-0.1, -0.05) is 0 Å². The van der Waals surface area contributed by atoms with Crippen molar-refractivity contribution in [2.24, 2.45) is 16.6 Å². The molecule has 0 bridgehead atoms. The molecule has 1 unspecified atom stereocenters. The number of rotatable bonds is 6. The Morgan fingerprint density at radius 1 is 1.22 bits per heavy atom. The van der Waals surface area contributed by atoms with Crippen LogP contribution in [0.3, 0.4) is 0 Å². The van der Waals surface area contributed by atoms with Crippen molar-refractivity contribution in [1.29, 1.82) is 0 Å². The summed E-state index contributed by atoms with van der Waals surface area (Å²) in [6.45, 7) is 3.60. The molecule has 7 nitrogen and oxygen atoms in total. The lowest BCUT2D eigenvalue weighted by Gasteiger charge is -2.35. The molecule has 1 atom stereocenters. The van der Waals surface area contributed by atoms with Gasteiger partial charge in [-0.25, -0.2) is 9.38 Å². The van der Waals surface area contributed by atoms with Crippen LogP contribution < -0.4 is 16.4 Å². The summed E-state index contributed by atoms with van der Waals surface area (Å²) in [6.07, 6.45) is 8.53. The summed E-state index contributed by atoms with van der Waals surface area (Å²) in [7, 11) is 0. The molecule has 2 saturated heterocycles.